The van der Waals surface area contributed by atoms with Gasteiger partial charge in [-0.1, -0.05) is 6.07 Å². The molecule has 0 radical (unpaired) electrons. The highest BCUT2D eigenvalue weighted by molar-refractivity contribution is 7.80. The lowest BCUT2D eigenvalue weighted by molar-refractivity contribution is 0.600. The van der Waals surface area contributed by atoms with E-state index in [0.29, 0.717) is 17.7 Å². The van der Waals surface area contributed by atoms with Crippen LogP contribution < -0.4 is 0 Å². The Hall–Kier alpha value is -1.01. The highest BCUT2D eigenvalue weighted by Crippen LogP contribution is 2.14. The first-order chi connectivity index (χ1) is 5.74. The second kappa shape index (κ2) is 4.13. The van der Waals surface area contributed by atoms with E-state index in [1.807, 2.05) is 6.07 Å². The summed E-state index contributed by atoms with van der Waals surface area (Å²) in [6.07, 6.45) is 1.02. The van der Waals surface area contributed by atoms with Gasteiger partial charge in [-0.3, -0.25) is 0 Å². The highest BCUT2D eigenvalue weighted by atomic mass is 32.1. The summed E-state index contributed by atoms with van der Waals surface area (Å²) >= 11 is 3.90. The third-order valence-corrected chi connectivity index (χ3v) is 1.90. The summed E-state index contributed by atoms with van der Waals surface area (Å²) in [5.74, 6) is -0.325. The van der Waals surface area contributed by atoms with Gasteiger partial charge < -0.3 is 0 Å². The molecular weight excluding hydrogens is 173 g/mol. The Bertz CT molecular complexity index is 317. The number of nitriles is 1. The van der Waals surface area contributed by atoms with E-state index >= 15 is 0 Å². The van der Waals surface area contributed by atoms with Crippen LogP contribution in [0.1, 0.15) is 12.0 Å². The van der Waals surface area contributed by atoms with Crippen molar-refractivity contribution in [3.8, 4) is 6.07 Å². The molecule has 0 atom stereocenters. The van der Waals surface area contributed by atoms with Crippen LogP contribution in [0.2, 0.25) is 0 Å². The molecule has 0 N–H and O–H groups in total. The van der Waals surface area contributed by atoms with Crippen molar-refractivity contribution in [2.45, 2.75) is 17.7 Å². The molecule has 1 rings (SSSR count). The van der Waals surface area contributed by atoms with Gasteiger partial charge in [-0.25, -0.2) is 4.39 Å². The molecule has 0 aliphatic carbocycles. The molecule has 0 aliphatic heterocycles. The minimum Gasteiger partial charge on any atom is -0.206 e. The van der Waals surface area contributed by atoms with E-state index in [2.05, 4.69) is 12.6 Å². The number of aryl methyl sites for hydroxylation is 1. The quantitative estimate of drug-likeness (QED) is 0.696. The molecule has 0 bridgehead atoms. The van der Waals surface area contributed by atoms with Crippen LogP contribution in [0.4, 0.5) is 4.39 Å². The lowest BCUT2D eigenvalue weighted by atomic mass is 10.1. The normalized spacial score (nSPS) is 9.42. The molecule has 0 fully saturated rings. The van der Waals surface area contributed by atoms with Gasteiger partial charge >= 0.3 is 0 Å². The smallest absolute Gasteiger partial charge is 0.136 e. The zero-order valence-electron chi connectivity index (χ0n) is 6.42. The van der Waals surface area contributed by atoms with Crippen molar-refractivity contribution in [3.05, 3.63) is 29.6 Å². The van der Waals surface area contributed by atoms with Gasteiger partial charge in [0.2, 0.25) is 0 Å². The molecule has 1 aromatic carbocycles. The number of rotatable bonds is 2. The zero-order valence-corrected chi connectivity index (χ0v) is 7.31. The fourth-order valence-corrected chi connectivity index (χ4v) is 1.05. The van der Waals surface area contributed by atoms with Crippen molar-refractivity contribution in [3.63, 3.8) is 0 Å². The first-order valence-corrected chi connectivity index (χ1v) is 4.03. The van der Waals surface area contributed by atoms with Crippen LogP contribution >= 0.6 is 12.6 Å². The maximum absolute atomic E-state index is 12.8. The molecule has 62 valence electrons. The van der Waals surface area contributed by atoms with Crippen molar-refractivity contribution < 1.29 is 4.39 Å². The molecule has 0 unspecified atom stereocenters. The number of hydrogen-bond donors (Lipinski definition) is 1. The lowest BCUT2D eigenvalue weighted by Gasteiger charge is -1.98. The van der Waals surface area contributed by atoms with Gasteiger partial charge in [0.05, 0.1) is 6.07 Å². The second-order valence-electron chi connectivity index (χ2n) is 2.44. The molecule has 0 amide bonds. The zero-order chi connectivity index (χ0) is 8.97. The molecular formula is C9H8FNS. The average Bonchev–Trinajstić information content (AvgIpc) is 2.07. The standard InChI is InChI=1S/C9H8FNS/c10-8-6-7(2-1-5-11)3-4-9(8)12/h3-4,6,12H,1-2H2. The summed E-state index contributed by atoms with van der Waals surface area (Å²) in [5, 5.41) is 8.29. The van der Waals surface area contributed by atoms with Gasteiger partial charge in [-0.15, -0.1) is 12.6 Å². The molecule has 12 heavy (non-hydrogen) atoms. The molecule has 0 saturated heterocycles. The Morgan fingerprint density at radius 3 is 2.83 bits per heavy atom. The minimum atomic E-state index is -0.325. The van der Waals surface area contributed by atoms with Crippen LogP contribution in [-0.4, -0.2) is 0 Å². The van der Waals surface area contributed by atoms with Crippen molar-refractivity contribution in [2.75, 3.05) is 0 Å². The third-order valence-electron chi connectivity index (χ3n) is 1.54. The fraction of sp³-hybridized carbons (Fsp3) is 0.222. The number of benzene rings is 1. The Morgan fingerprint density at radius 2 is 2.25 bits per heavy atom. The van der Waals surface area contributed by atoms with Crippen LogP contribution in [0.15, 0.2) is 23.1 Å². The molecule has 0 spiro atoms. The van der Waals surface area contributed by atoms with Gasteiger partial charge in [0.15, 0.2) is 0 Å². The van der Waals surface area contributed by atoms with Crippen LogP contribution in [0.3, 0.4) is 0 Å². The monoisotopic (exact) mass is 181 g/mol. The van der Waals surface area contributed by atoms with E-state index < -0.39 is 0 Å². The molecule has 0 aliphatic rings. The maximum atomic E-state index is 12.8. The van der Waals surface area contributed by atoms with Crippen molar-refractivity contribution in [2.24, 2.45) is 0 Å². The Labute approximate surface area is 76.2 Å². The Kier molecular flexibility index (Phi) is 3.12. The average molecular weight is 181 g/mol. The minimum absolute atomic E-state index is 0.325. The van der Waals surface area contributed by atoms with E-state index in [1.54, 1.807) is 12.1 Å². The topological polar surface area (TPSA) is 23.8 Å². The SMILES string of the molecule is N#CCCc1ccc(S)c(F)c1. The molecule has 1 nitrogen and oxygen atoms in total. The number of hydrogen-bond acceptors (Lipinski definition) is 2. The first kappa shape index (κ1) is 9.08. The lowest BCUT2D eigenvalue weighted by Crippen LogP contribution is -1.86. The van der Waals surface area contributed by atoms with Crippen molar-refractivity contribution >= 4 is 12.6 Å². The van der Waals surface area contributed by atoms with Crippen LogP contribution in [0.5, 0.6) is 0 Å². The van der Waals surface area contributed by atoms with E-state index in [1.165, 1.54) is 6.07 Å². The maximum Gasteiger partial charge on any atom is 0.136 e. The van der Waals surface area contributed by atoms with Gasteiger partial charge in [-0.05, 0) is 24.1 Å². The van der Waals surface area contributed by atoms with E-state index in [-0.39, 0.29) is 5.82 Å². The number of nitrogens with zero attached hydrogens (tertiary/aromatic N) is 1. The molecule has 0 heterocycles. The number of halogens is 1. The summed E-state index contributed by atoms with van der Waals surface area (Å²) in [6.45, 7) is 0. The molecule has 3 heteroatoms. The molecule has 0 saturated carbocycles. The van der Waals surface area contributed by atoms with Crippen molar-refractivity contribution in [1.82, 2.24) is 0 Å². The van der Waals surface area contributed by atoms with Gasteiger partial charge in [0, 0.05) is 11.3 Å². The Morgan fingerprint density at radius 1 is 1.50 bits per heavy atom. The van der Waals surface area contributed by atoms with Crippen LogP contribution in [-0.2, 0) is 6.42 Å². The fourth-order valence-electron chi connectivity index (χ4n) is 0.906. The van der Waals surface area contributed by atoms with Gasteiger partial charge in [0.1, 0.15) is 5.82 Å². The Balaban J connectivity index is 2.77. The van der Waals surface area contributed by atoms with E-state index in [0.717, 1.165) is 5.56 Å². The predicted octanol–water partition coefficient (Wildman–Crippen LogP) is 2.57. The number of thiol groups is 1. The first-order valence-electron chi connectivity index (χ1n) is 3.58. The van der Waals surface area contributed by atoms with Crippen molar-refractivity contribution in [1.29, 1.82) is 5.26 Å². The van der Waals surface area contributed by atoms with Gasteiger partial charge in [0.25, 0.3) is 0 Å². The summed E-state index contributed by atoms with van der Waals surface area (Å²) in [6, 6.07) is 6.81. The summed E-state index contributed by atoms with van der Waals surface area (Å²) in [4.78, 5) is 0.343. The predicted molar refractivity (Wildman–Crippen MR) is 47.6 cm³/mol. The summed E-state index contributed by atoms with van der Waals surface area (Å²) in [7, 11) is 0. The van der Waals surface area contributed by atoms with E-state index in [9.17, 15) is 4.39 Å². The molecule has 1 aromatic rings. The van der Waals surface area contributed by atoms with Crippen LogP contribution in [0.25, 0.3) is 0 Å². The molecule has 0 aromatic heterocycles. The van der Waals surface area contributed by atoms with Crippen LogP contribution in [0, 0.1) is 17.1 Å². The second-order valence-corrected chi connectivity index (χ2v) is 2.93. The summed E-state index contributed by atoms with van der Waals surface area (Å²) in [5.41, 5.74) is 0.840. The third kappa shape index (κ3) is 2.24. The van der Waals surface area contributed by atoms with Gasteiger partial charge in [-0.2, -0.15) is 5.26 Å². The highest BCUT2D eigenvalue weighted by Gasteiger charge is 1.98. The largest absolute Gasteiger partial charge is 0.206 e. The summed E-state index contributed by atoms with van der Waals surface area (Å²) < 4.78 is 12.8. The van der Waals surface area contributed by atoms with E-state index in [4.69, 9.17) is 5.26 Å².